The summed E-state index contributed by atoms with van der Waals surface area (Å²) in [4.78, 5) is 34.1. The Kier molecular flexibility index (Phi) is 16.2. The molecule has 0 aromatic carbocycles. The first kappa shape index (κ1) is 56.7. The van der Waals surface area contributed by atoms with Crippen LogP contribution in [0.4, 0.5) is 114 Å². The van der Waals surface area contributed by atoms with E-state index in [-0.39, 0.29) is 0 Å². The molecule has 0 fully saturated rings. The van der Waals surface area contributed by atoms with Gasteiger partial charge in [0.15, 0.2) is 19.3 Å². The van der Waals surface area contributed by atoms with Gasteiger partial charge in [0, 0.05) is 0 Å². The number of carbonyl (C=O) groups is 3. The van der Waals surface area contributed by atoms with Crippen molar-refractivity contribution in [2.45, 2.75) is 80.1 Å². The van der Waals surface area contributed by atoms with Gasteiger partial charge in [0.1, 0.15) is 23.3 Å². The third-order valence-electron chi connectivity index (χ3n) is 6.74. The van der Waals surface area contributed by atoms with Gasteiger partial charge in [-0.25, -0.2) is 14.4 Å². The maximum Gasteiger partial charge on any atom is 0.452 e. The van der Waals surface area contributed by atoms with Crippen LogP contribution in [0.5, 0.6) is 0 Å². The molecule has 0 aromatic heterocycles. The Bertz CT molecular complexity index is 1570. The Morgan fingerprint density at radius 3 is 0.934 bits per heavy atom. The largest absolute Gasteiger partial charge is 0.459 e. The van der Waals surface area contributed by atoms with Gasteiger partial charge in [0.2, 0.25) is 5.41 Å². The minimum atomic E-state index is -8.15. The molecule has 0 rings (SSSR count). The van der Waals surface area contributed by atoms with Gasteiger partial charge in [-0.15, -0.1) is 0 Å². The van der Waals surface area contributed by atoms with Crippen LogP contribution in [-0.2, 0) is 42.8 Å². The highest BCUT2D eigenvalue weighted by Crippen LogP contribution is 2.62. The molecule has 0 N–H and O–H groups in total. The topological polar surface area (TPSA) is 107 Å². The Hall–Kier alpha value is -4.31. The molecule has 35 heteroatoms. The lowest BCUT2D eigenvalue weighted by atomic mass is 9.84. The molecule has 356 valence electrons. The fourth-order valence-corrected chi connectivity index (χ4v) is 3.03. The third kappa shape index (κ3) is 13.1. The molecule has 0 aliphatic carbocycles. The van der Waals surface area contributed by atoms with Crippen molar-refractivity contribution in [1.82, 2.24) is 0 Å². The molecule has 9 nitrogen and oxygen atoms in total. The monoisotopic (exact) mass is 966 g/mol. The zero-order valence-corrected chi connectivity index (χ0v) is 28.3. The number of rotatable bonds is 18. The number of halogens is 26. The third-order valence-corrected chi connectivity index (χ3v) is 6.74. The fraction of sp³-hybridized carbons (Fsp3) is 0.654. The first-order valence-corrected chi connectivity index (χ1v) is 14.0. The van der Waals surface area contributed by atoms with E-state index >= 15 is 35.1 Å². The first-order valence-electron chi connectivity index (χ1n) is 14.0. The summed E-state index contributed by atoms with van der Waals surface area (Å²) in [5, 5.41) is 0. The molecular formula is C26H16F26O9. The van der Waals surface area contributed by atoms with E-state index in [0.29, 0.717) is 0 Å². The van der Waals surface area contributed by atoms with Gasteiger partial charge in [-0.3, -0.25) is 9.47 Å². The fourth-order valence-electron chi connectivity index (χ4n) is 3.03. The Balaban J connectivity index is 7.95. The number of hydrogen-bond acceptors (Lipinski definition) is 9. The predicted octanol–water partition coefficient (Wildman–Crippen LogP) is 9.19. The molecule has 0 saturated heterocycles. The van der Waals surface area contributed by atoms with Gasteiger partial charge in [0.25, 0.3) is 0 Å². The van der Waals surface area contributed by atoms with Crippen LogP contribution in [0.2, 0.25) is 0 Å². The second kappa shape index (κ2) is 17.5. The second-order valence-electron chi connectivity index (χ2n) is 11.2. The second-order valence-corrected chi connectivity index (χ2v) is 11.2. The molecule has 0 aliphatic rings. The molecule has 0 amide bonds. The predicted molar refractivity (Wildman–Crippen MR) is 134 cm³/mol. The molecule has 0 aromatic rings. The van der Waals surface area contributed by atoms with Crippen LogP contribution in [0, 0.1) is 5.41 Å². The van der Waals surface area contributed by atoms with E-state index in [2.05, 4.69) is 28.4 Å². The summed E-state index contributed by atoms with van der Waals surface area (Å²) in [6.45, 7) is -7.65. The van der Waals surface area contributed by atoms with Gasteiger partial charge in [-0.1, -0.05) is 19.7 Å². The van der Waals surface area contributed by atoms with E-state index in [1.807, 2.05) is 19.7 Å². The van der Waals surface area contributed by atoms with Crippen molar-refractivity contribution in [2.24, 2.45) is 5.41 Å². The van der Waals surface area contributed by atoms with Crippen molar-refractivity contribution in [3.05, 3.63) is 36.5 Å². The van der Waals surface area contributed by atoms with Crippen LogP contribution in [-0.4, -0.2) is 111 Å². The summed E-state index contributed by atoms with van der Waals surface area (Å²) < 4.78 is 375. The van der Waals surface area contributed by atoms with Crippen LogP contribution in [0.3, 0.4) is 0 Å². The number of esters is 3. The van der Waals surface area contributed by atoms with Gasteiger partial charge < -0.3 is 18.9 Å². The maximum atomic E-state index is 15.5. The summed E-state index contributed by atoms with van der Waals surface area (Å²) in [6.07, 6.45) is -69.7. The molecule has 61 heavy (non-hydrogen) atoms. The lowest BCUT2D eigenvalue weighted by molar-refractivity contribution is -0.547. The smallest absolute Gasteiger partial charge is 0.452 e. The average molecular weight is 966 g/mol. The standard InChI is InChI=1S/C26H16F26O9/c1-8(18(29,30)31)12(53)56-5-11(21(38,39)40)59-24(47,48)15(4,25(49,50)60-16(27,22(41,42)43)6-57-13(54)9(2)19(32,33)34)26(51,52)61-17(28,23(44,45)46)7-58-14(55)10(3)20(35,36)37/h11H,1-3,5-7H2,4H3. The number of hydrogen-bond donors (Lipinski definition) is 0. The van der Waals surface area contributed by atoms with E-state index in [0.717, 1.165) is 0 Å². The molecule has 0 saturated carbocycles. The normalized spacial score (nSPS) is 17.6. The summed E-state index contributed by atoms with van der Waals surface area (Å²) in [5.74, 6) is -24.0. The van der Waals surface area contributed by atoms with Crippen molar-refractivity contribution in [3.8, 4) is 0 Å². The first-order chi connectivity index (χ1) is 26.4. The van der Waals surface area contributed by atoms with E-state index < -0.39 is 140 Å². The highest BCUT2D eigenvalue weighted by Gasteiger charge is 2.85. The average Bonchev–Trinajstić information content (AvgIpc) is 3.02. The van der Waals surface area contributed by atoms with Gasteiger partial charge in [0.05, 0.1) is 0 Å². The quantitative estimate of drug-likeness (QED) is 0.0576. The van der Waals surface area contributed by atoms with Gasteiger partial charge in [-0.2, -0.15) is 114 Å². The van der Waals surface area contributed by atoms with Gasteiger partial charge in [-0.05, 0) is 6.92 Å². The molecule has 0 radical (unpaired) electrons. The maximum absolute atomic E-state index is 15.5. The molecule has 0 bridgehead atoms. The Morgan fingerprint density at radius 2 is 0.705 bits per heavy atom. The number of ether oxygens (including phenoxy) is 6. The summed E-state index contributed by atoms with van der Waals surface area (Å²) in [6, 6.07) is 0. The summed E-state index contributed by atoms with van der Waals surface area (Å²) in [7, 11) is 0. The van der Waals surface area contributed by atoms with Crippen molar-refractivity contribution < 1.29 is 157 Å². The van der Waals surface area contributed by atoms with Gasteiger partial charge >= 0.3 is 85.0 Å². The van der Waals surface area contributed by atoms with E-state index in [9.17, 15) is 93.4 Å². The van der Waals surface area contributed by atoms with E-state index in [1.54, 1.807) is 0 Å². The minimum Gasteiger partial charge on any atom is -0.459 e. The Morgan fingerprint density at radius 1 is 0.443 bits per heavy atom. The molecule has 0 aliphatic heterocycles. The molecule has 3 atom stereocenters. The Labute approximate surface area is 317 Å². The molecule has 0 heterocycles. The van der Waals surface area contributed by atoms with Crippen LogP contribution < -0.4 is 0 Å². The van der Waals surface area contributed by atoms with Crippen LogP contribution in [0.1, 0.15) is 6.92 Å². The molecule has 0 spiro atoms. The van der Waals surface area contributed by atoms with Crippen LogP contribution in [0.25, 0.3) is 0 Å². The summed E-state index contributed by atoms with van der Waals surface area (Å²) >= 11 is 0. The van der Waals surface area contributed by atoms with E-state index in [4.69, 9.17) is 0 Å². The van der Waals surface area contributed by atoms with Crippen molar-refractivity contribution in [2.75, 3.05) is 19.8 Å². The van der Waals surface area contributed by atoms with Crippen LogP contribution >= 0.6 is 0 Å². The number of alkyl halides is 26. The number of carbonyl (C=O) groups excluding carboxylic acids is 3. The zero-order chi connectivity index (χ0) is 49.4. The lowest BCUT2D eigenvalue weighted by Gasteiger charge is -2.48. The highest BCUT2D eigenvalue weighted by atomic mass is 19.4. The van der Waals surface area contributed by atoms with E-state index in [1.165, 1.54) is 0 Å². The SMILES string of the molecule is C=C(C(=O)OCC(OC(F)(F)C(C)(C(F)(F)OC(F)(COC(=O)C(=C)C(F)(F)F)C(F)(F)F)C(F)(F)OC(F)(COC(=O)C(=C)C(F)(F)F)C(F)(F)F)C(F)(F)F)C(F)(F)F. The summed E-state index contributed by atoms with van der Waals surface area (Å²) in [5.41, 5.74) is -16.4. The van der Waals surface area contributed by atoms with Crippen LogP contribution in [0.15, 0.2) is 36.5 Å². The highest BCUT2D eigenvalue weighted by molar-refractivity contribution is 5.90. The zero-order valence-electron chi connectivity index (χ0n) is 28.3. The van der Waals surface area contributed by atoms with Crippen molar-refractivity contribution in [3.63, 3.8) is 0 Å². The van der Waals surface area contributed by atoms with Crippen molar-refractivity contribution >= 4 is 17.9 Å². The molecule has 3 unspecified atom stereocenters. The van der Waals surface area contributed by atoms with Crippen molar-refractivity contribution in [1.29, 1.82) is 0 Å². The lowest BCUT2D eigenvalue weighted by Crippen LogP contribution is -2.70. The molecular weight excluding hydrogens is 950 g/mol. The minimum absolute atomic E-state index is 1.84.